The van der Waals surface area contributed by atoms with Gasteiger partial charge in [-0.1, -0.05) is 0 Å². The summed E-state index contributed by atoms with van der Waals surface area (Å²) in [6, 6.07) is 13.8. The number of nitrogens with one attached hydrogen (secondary N) is 1. The highest BCUT2D eigenvalue weighted by atomic mass is 32.2. The summed E-state index contributed by atoms with van der Waals surface area (Å²) in [4.78, 5) is 16.5. The summed E-state index contributed by atoms with van der Waals surface area (Å²) >= 11 is -1.24. The Kier molecular flexibility index (Phi) is 10.0. The van der Waals surface area contributed by atoms with E-state index in [0.717, 1.165) is 27.8 Å². The van der Waals surface area contributed by atoms with E-state index in [-0.39, 0.29) is 19.6 Å². The number of fused-ring (bicyclic) bond motifs is 1. The Morgan fingerprint density at radius 2 is 1.93 bits per heavy atom. The number of aromatic nitrogens is 1. The molecule has 1 unspecified atom stereocenters. The van der Waals surface area contributed by atoms with E-state index in [0.29, 0.717) is 35.8 Å². The fourth-order valence-corrected chi connectivity index (χ4v) is 4.95. The molecule has 0 aliphatic rings. The molecular weight excluding hydrogens is 547 g/mol. The smallest absolute Gasteiger partial charge is 0.310 e. The van der Waals surface area contributed by atoms with Crippen LogP contribution in [0.4, 0.5) is 4.39 Å². The van der Waals surface area contributed by atoms with Gasteiger partial charge in [-0.3, -0.25) is 9.78 Å². The summed E-state index contributed by atoms with van der Waals surface area (Å²) in [6.07, 6.45) is 1.61. The van der Waals surface area contributed by atoms with Crippen molar-refractivity contribution in [1.29, 1.82) is 0 Å². The number of pyridine rings is 1. The molecule has 0 aliphatic heterocycles. The van der Waals surface area contributed by atoms with Crippen molar-refractivity contribution < 1.29 is 32.4 Å². The Morgan fingerprint density at radius 1 is 1.12 bits per heavy atom. The number of esters is 1. The highest BCUT2D eigenvalue weighted by Gasteiger charge is 2.26. The first-order valence-electron chi connectivity index (χ1n) is 13.3. The molecule has 0 saturated carbocycles. The summed E-state index contributed by atoms with van der Waals surface area (Å²) in [6.45, 7) is 8.50. The van der Waals surface area contributed by atoms with Crippen LogP contribution in [-0.2, 0) is 51.8 Å². The Labute approximate surface area is 242 Å². The molecule has 0 amide bonds. The van der Waals surface area contributed by atoms with Crippen molar-refractivity contribution >= 4 is 28.3 Å². The number of carbonyl (C=O) groups is 1. The van der Waals surface area contributed by atoms with Crippen molar-refractivity contribution in [1.82, 2.24) is 9.71 Å². The zero-order chi connectivity index (χ0) is 29.6. The van der Waals surface area contributed by atoms with Crippen LogP contribution in [-0.4, -0.2) is 34.0 Å². The largest absolute Gasteiger partial charge is 0.598 e. The molecule has 4 rings (SSSR count). The molecule has 0 bridgehead atoms. The topological polar surface area (TPSA) is 106 Å². The molecule has 0 fully saturated rings. The second-order valence-electron chi connectivity index (χ2n) is 10.5. The van der Waals surface area contributed by atoms with Gasteiger partial charge in [-0.15, -0.1) is 4.72 Å². The van der Waals surface area contributed by atoms with E-state index in [9.17, 15) is 13.7 Å². The zero-order valence-corrected chi connectivity index (χ0v) is 24.7. The van der Waals surface area contributed by atoms with Gasteiger partial charge in [0.2, 0.25) is 0 Å². The van der Waals surface area contributed by atoms with Crippen LogP contribution in [0.2, 0.25) is 0 Å². The number of hydrogen-bond donors (Lipinski definition) is 1. The lowest BCUT2D eigenvalue weighted by Crippen LogP contribution is -2.39. The molecule has 2 aromatic heterocycles. The molecule has 0 aliphatic carbocycles. The molecule has 218 valence electrons. The summed E-state index contributed by atoms with van der Waals surface area (Å²) in [5.74, 6) is 0.162. The monoisotopic (exact) mass is 582 g/mol. The number of hydrogen-bond acceptors (Lipinski definition) is 8. The molecule has 1 N–H and O–H groups in total. The van der Waals surface area contributed by atoms with Gasteiger partial charge >= 0.3 is 5.97 Å². The summed E-state index contributed by atoms with van der Waals surface area (Å²) < 4.78 is 51.6. The maximum absolute atomic E-state index is 14.0. The summed E-state index contributed by atoms with van der Waals surface area (Å²) in [7, 11) is 1.60. The van der Waals surface area contributed by atoms with Gasteiger partial charge in [-0.25, -0.2) is 4.39 Å². The van der Waals surface area contributed by atoms with E-state index in [1.165, 1.54) is 18.2 Å². The van der Waals surface area contributed by atoms with Crippen LogP contribution in [0.5, 0.6) is 5.75 Å². The minimum atomic E-state index is -1.24. The molecule has 2 heterocycles. The van der Waals surface area contributed by atoms with Gasteiger partial charge in [0.05, 0.1) is 25.3 Å². The Hall–Kier alpha value is -3.44. The van der Waals surface area contributed by atoms with Crippen LogP contribution >= 0.6 is 0 Å². The van der Waals surface area contributed by atoms with Gasteiger partial charge in [-0.2, -0.15) is 0 Å². The van der Waals surface area contributed by atoms with E-state index in [4.69, 9.17) is 18.6 Å². The third kappa shape index (κ3) is 8.07. The van der Waals surface area contributed by atoms with Gasteiger partial charge in [0.1, 0.15) is 40.9 Å². The molecule has 4 aromatic rings. The van der Waals surface area contributed by atoms with E-state index in [1.807, 2.05) is 51.1 Å². The predicted molar refractivity (Wildman–Crippen MR) is 156 cm³/mol. The molecule has 8 nitrogen and oxygen atoms in total. The first kappa shape index (κ1) is 30.5. The highest BCUT2D eigenvalue weighted by molar-refractivity contribution is 7.90. The van der Waals surface area contributed by atoms with Crippen molar-refractivity contribution in [2.75, 3.05) is 13.7 Å². The zero-order valence-electron chi connectivity index (χ0n) is 23.9. The first-order valence-corrected chi connectivity index (χ1v) is 14.4. The number of methoxy groups -OCH3 is 1. The fraction of sp³-hybridized carbons (Fsp3) is 0.355. The molecule has 10 heteroatoms. The maximum atomic E-state index is 14.0. The van der Waals surface area contributed by atoms with Crippen LogP contribution in [0.25, 0.3) is 22.1 Å². The molecule has 0 saturated heterocycles. The number of ether oxygens (including phenoxy) is 3. The lowest BCUT2D eigenvalue weighted by molar-refractivity contribution is -0.142. The second kappa shape index (κ2) is 13.5. The van der Waals surface area contributed by atoms with Crippen LogP contribution in [0.3, 0.4) is 0 Å². The summed E-state index contributed by atoms with van der Waals surface area (Å²) in [5, 5.41) is 0.865. The van der Waals surface area contributed by atoms with Crippen LogP contribution in [0, 0.1) is 5.82 Å². The number of rotatable bonds is 12. The van der Waals surface area contributed by atoms with Gasteiger partial charge < -0.3 is 23.2 Å². The molecule has 41 heavy (non-hydrogen) atoms. The Balaban J connectivity index is 1.64. The average Bonchev–Trinajstić information content (AvgIpc) is 3.33. The van der Waals surface area contributed by atoms with E-state index >= 15 is 0 Å². The number of benzene rings is 2. The van der Waals surface area contributed by atoms with Crippen LogP contribution in [0.15, 0.2) is 59.1 Å². The standard InChI is InChI=1S/C31H35FN2O6S/c1-6-38-29(35)16-22-13-24(32)7-8-28(22)39-18-20-11-23-15-26(19-37-5)40-30(23)27(12-20)21-9-10-33-25(14-21)17-34-41(36)31(2,3)4/h7-15,34H,6,16-19H2,1-5H3. The van der Waals surface area contributed by atoms with Gasteiger partial charge in [0.15, 0.2) is 0 Å². The number of carbonyl (C=O) groups excluding carboxylic acids is 1. The van der Waals surface area contributed by atoms with E-state index < -0.39 is 27.9 Å². The van der Waals surface area contributed by atoms with Gasteiger partial charge in [0, 0.05) is 41.2 Å². The lowest BCUT2D eigenvalue weighted by Gasteiger charge is -2.23. The highest BCUT2D eigenvalue weighted by Crippen LogP contribution is 2.34. The third-order valence-electron chi connectivity index (χ3n) is 6.14. The molecule has 1 atom stereocenters. The van der Waals surface area contributed by atoms with Gasteiger partial charge in [0.25, 0.3) is 0 Å². The molecule has 2 aromatic carbocycles. The molecular formula is C31H35FN2O6S. The second-order valence-corrected chi connectivity index (χ2v) is 12.5. The van der Waals surface area contributed by atoms with Crippen molar-refractivity contribution in [2.24, 2.45) is 0 Å². The van der Waals surface area contributed by atoms with Crippen molar-refractivity contribution in [3.63, 3.8) is 0 Å². The quantitative estimate of drug-likeness (QED) is 0.160. The first-order chi connectivity index (χ1) is 19.6. The number of nitrogens with zero attached hydrogens (tertiary/aromatic N) is 1. The Morgan fingerprint density at radius 3 is 2.66 bits per heavy atom. The average molecular weight is 583 g/mol. The van der Waals surface area contributed by atoms with E-state index in [2.05, 4.69) is 9.71 Å². The number of halogens is 1. The van der Waals surface area contributed by atoms with Crippen molar-refractivity contribution in [3.8, 4) is 16.9 Å². The summed E-state index contributed by atoms with van der Waals surface area (Å²) in [5.41, 5.74) is 4.37. The van der Waals surface area contributed by atoms with Crippen molar-refractivity contribution in [2.45, 2.75) is 58.6 Å². The van der Waals surface area contributed by atoms with Crippen molar-refractivity contribution in [3.05, 3.63) is 83.1 Å². The molecule has 0 radical (unpaired) electrons. The molecule has 0 spiro atoms. The predicted octanol–water partition coefficient (Wildman–Crippen LogP) is 6.02. The Bertz CT molecular complexity index is 1500. The normalized spacial score (nSPS) is 12.5. The lowest BCUT2D eigenvalue weighted by atomic mass is 10.0. The van der Waals surface area contributed by atoms with Crippen LogP contribution < -0.4 is 9.46 Å². The maximum Gasteiger partial charge on any atom is 0.310 e. The minimum absolute atomic E-state index is 0.0961. The number of furan rings is 1. The van der Waals surface area contributed by atoms with Gasteiger partial charge in [-0.05, 0) is 87.4 Å². The fourth-order valence-electron chi connectivity index (χ4n) is 4.23. The van der Waals surface area contributed by atoms with E-state index in [1.54, 1.807) is 20.2 Å². The SMILES string of the molecule is CCOC(=O)Cc1cc(F)ccc1OCc1cc(-c2ccnc(CN[S+]([O-])C(C)(C)C)c2)c2oc(COC)cc2c1. The van der Waals surface area contributed by atoms with Crippen LogP contribution in [0.1, 0.15) is 50.3 Å². The third-order valence-corrected chi connectivity index (χ3v) is 7.66. The minimum Gasteiger partial charge on any atom is -0.598 e.